The molecule has 3 N–H and O–H groups in total. The molecule has 154 valence electrons. The third kappa shape index (κ3) is 4.25. The molecule has 1 spiro atoms. The number of hydrogen-bond donors (Lipinski definition) is 3. The van der Waals surface area contributed by atoms with E-state index in [-0.39, 0.29) is 38.9 Å². The monoisotopic (exact) mass is 438 g/mol. The third-order valence-corrected chi connectivity index (χ3v) is 5.82. The second-order valence-corrected chi connectivity index (χ2v) is 7.87. The highest BCUT2D eigenvalue weighted by Crippen LogP contribution is 2.35. The minimum absolute atomic E-state index is 0.0146. The molecule has 1 aliphatic heterocycles. The van der Waals surface area contributed by atoms with Gasteiger partial charge in [0.25, 0.3) is 11.8 Å². The van der Waals surface area contributed by atoms with E-state index in [0.29, 0.717) is 13.2 Å². The molecule has 1 saturated carbocycles. The zero-order valence-corrected chi connectivity index (χ0v) is 17.0. The van der Waals surface area contributed by atoms with Gasteiger partial charge in [-0.05, 0) is 25.0 Å². The van der Waals surface area contributed by atoms with Crippen LogP contribution in [0.1, 0.15) is 46.5 Å². The highest BCUT2D eigenvalue weighted by Gasteiger charge is 2.40. The Morgan fingerprint density at radius 1 is 1.10 bits per heavy atom. The molecule has 1 aromatic heterocycles. The summed E-state index contributed by atoms with van der Waals surface area (Å²) in [7, 11) is 0. The van der Waals surface area contributed by atoms with Crippen molar-refractivity contribution in [3.63, 3.8) is 0 Å². The maximum Gasteiger partial charge on any atom is 0.274 e. The van der Waals surface area contributed by atoms with Gasteiger partial charge in [0.05, 0.1) is 34.5 Å². The van der Waals surface area contributed by atoms with Crippen molar-refractivity contribution in [1.29, 1.82) is 0 Å². The van der Waals surface area contributed by atoms with E-state index < -0.39 is 11.7 Å². The lowest BCUT2D eigenvalue weighted by atomic mass is 9.90. The van der Waals surface area contributed by atoms with Crippen LogP contribution in [0.2, 0.25) is 10.0 Å². The summed E-state index contributed by atoms with van der Waals surface area (Å²) in [5, 5.41) is 12.6. The smallest absolute Gasteiger partial charge is 0.274 e. The van der Waals surface area contributed by atoms with Gasteiger partial charge in [0.15, 0.2) is 11.5 Å². The number of nitrogens with one attached hydrogen (secondary N) is 3. The van der Waals surface area contributed by atoms with Crippen molar-refractivity contribution >= 4 is 40.7 Å². The van der Waals surface area contributed by atoms with Crippen molar-refractivity contribution in [2.24, 2.45) is 0 Å². The molecule has 4 rings (SSSR count). The predicted molar refractivity (Wildman–Crippen MR) is 107 cm³/mol. The van der Waals surface area contributed by atoms with Gasteiger partial charge in [-0.15, -0.1) is 0 Å². The van der Waals surface area contributed by atoms with Crippen molar-refractivity contribution < 1.29 is 19.1 Å². The first kappa shape index (κ1) is 20.2. The van der Waals surface area contributed by atoms with Crippen LogP contribution in [-0.4, -0.2) is 47.1 Å². The van der Waals surface area contributed by atoms with Gasteiger partial charge in [0.1, 0.15) is 0 Å². The van der Waals surface area contributed by atoms with Gasteiger partial charge in [0.2, 0.25) is 0 Å². The van der Waals surface area contributed by atoms with Crippen molar-refractivity contribution in [3.05, 3.63) is 45.7 Å². The second-order valence-electron chi connectivity index (χ2n) is 7.05. The van der Waals surface area contributed by atoms with Crippen molar-refractivity contribution in [1.82, 2.24) is 15.5 Å². The summed E-state index contributed by atoms with van der Waals surface area (Å²) in [6, 6.07) is 4.77. The summed E-state index contributed by atoms with van der Waals surface area (Å²) in [6.07, 6.45) is 4.38. The first-order valence-corrected chi connectivity index (χ1v) is 10.1. The summed E-state index contributed by atoms with van der Waals surface area (Å²) in [5.41, 5.74) is 0.478. The van der Waals surface area contributed by atoms with E-state index in [0.717, 1.165) is 25.7 Å². The summed E-state index contributed by atoms with van der Waals surface area (Å²) >= 11 is 12.2. The molecule has 0 unspecified atom stereocenters. The van der Waals surface area contributed by atoms with Crippen LogP contribution in [0, 0.1) is 0 Å². The summed E-state index contributed by atoms with van der Waals surface area (Å²) in [6.45, 7) is 1.23. The molecule has 1 aromatic carbocycles. The Morgan fingerprint density at radius 3 is 2.41 bits per heavy atom. The Bertz CT molecular complexity index is 896. The average Bonchev–Trinajstić information content (AvgIpc) is 3.33. The number of aromatic nitrogens is 2. The van der Waals surface area contributed by atoms with Gasteiger partial charge >= 0.3 is 0 Å². The molecule has 0 radical (unpaired) electrons. The zero-order valence-electron chi connectivity index (χ0n) is 15.5. The number of nitrogens with zero attached hydrogens (tertiary/aromatic N) is 1. The Kier molecular flexibility index (Phi) is 5.78. The molecule has 8 nitrogen and oxygen atoms in total. The maximum absolute atomic E-state index is 12.7. The number of anilines is 1. The SMILES string of the molecule is O=C(NC1CCC2(CC1)OCCO2)c1n[nH]cc1NC(=O)c1c(Cl)cccc1Cl. The lowest BCUT2D eigenvalue weighted by Gasteiger charge is -2.35. The minimum Gasteiger partial charge on any atom is -0.348 e. The molecule has 10 heteroatoms. The van der Waals surface area contributed by atoms with E-state index in [1.807, 2.05) is 0 Å². The molecule has 0 atom stereocenters. The standard InChI is InChI=1S/C19H20Cl2N4O4/c20-12-2-1-3-13(21)15(12)17(26)24-14-10-22-25-16(14)18(27)23-11-4-6-19(7-5-11)28-8-9-29-19/h1-3,10-11H,4-9H2,(H,22,25)(H,23,27)(H,24,26). The van der Waals surface area contributed by atoms with Crippen LogP contribution in [0.5, 0.6) is 0 Å². The van der Waals surface area contributed by atoms with Crippen LogP contribution < -0.4 is 10.6 Å². The summed E-state index contributed by atoms with van der Waals surface area (Å²) < 4.78 is 11.4. The second kappa shape index (κ2) is 8.31. The normalized spacial score (nSPS) is 18.7. The number of aromatic amines is 1. The molecule has 1 saturated heterocycles. The first-order valence-electron chi connectivity index (χ1n) is 9.35. The van der Waals surface area contributed by atoms with E-state index in [2.05, 4.69) is 20.8 Å². The molecular formula is C19H20Cl2N4O4. The van der Waals surface area contributed by atoms with E-state index in [9.17, 15) is 9.59 Å². The number of hydrogen-bond acceptors (Lipinski definition) is 5. The van der Waals surface area contributed by atoms with Crippen LogP contribution in [0.15, 0.2) is 24.4 Å². The Morgan fingerprint density at radius 2 is 1.76 bits per heavy atom. The van der Waals surface area contributed by atoms with Crippen molar-refractivity contribution in [2.75, 3.05) is 18.5 Å². The number of carbonyl (C=O) groups excluding carboxylic acids is 2. The summed E-state index contributed by atoms with van der Waals surface area (Å²) in [5.74, 6) is -1.38. The number of H-pyrrole nitrogens is 1. The fourth-order valence-corrected chi connectivity index (χ4v) is 4.27. The Labute approximate surface area is 177 Å². The number of ether oxygens (including phenoxy) is 2. The Balaban J connectivity index is 1.40. The molecule has 2 heterocycles. The van der Waals surface area contributed by atoms with E-state index >= 15 is 0 Å². The number of amides is 2. The number of carbonyl (C=O) groups is 2. The highest BCUT2D eigenvalue weighted by atomic mass is 35.5. The highest BCUT2D eigenvalue weighted by molar-refractivity contribution is 6.40. The number of halogens is 2. The quantitative estimate of drug-likeness (QED) is 0.678. The predicted octanol–water partition coefficient (Wildman–Crippen LogP) is 3.38. The summed E-state index contributed by atoms with van der Waals surface area (Å²) in [4.78, 5) is 25.3. The fraction of sp³-hybridized carbons (Fsp3) is 0.421. The van der Waals surface area contributed by atoms with E-state index in [4.69, 9.17) is 32.7 Å². The fourth-order valence-electron chi connectivity index (χ4n) is 3.70. The topological polar surface area (TPSA) is 105 Å². The largest absolute Gasteiger partial charge is 0.348 e. The minimum atomic E-state index is -0.522. The van der Waals surface area contributed by atoms with Gasteiger partial charge in [-0.2, -0.15) is 5.10 Å². The average molecular weight is 439 g/mol. The zero-order chi connectivity index (χ0) is 20.4. The van der Waals surface area contributed by atoms with Gasteiger partial charge in [-0.25, -0.2) is 0 Å². The van der Waals surface area contributed by atoms with Gasteiger partial charge in [-0.3, -0.25) is 14.7 Å². The van der Waals surface area contributed by atoms with E-state index in [1.165, 1.54) is 6.20 Å². The van der Waals surface area contributed by atoms with Crippen molar-refractivity contribution in [3.8, 4) is 0 Å². The van der Waals surface area contributed by atoms with Gasteiger partial charge in [0, 0.05) is 25.1 Å². The molecule has 2 aromatic rings. The third-order valence-electron chi connectivity index (χ3n) is 5.19. The van der Waals surface area contributed by atoms with Crippen LogP contribution >= 0.6 is 23.2 Å². The number of rotatable bonds is 4. The first-order chi connectivity index (χ1) is 14.0. The molecule has 2 aliphatic rings. The van der Waals surface area contributed by atoms with Gasteiger partial charge in [-0.1, -0.05) is 29.3 Å². The maximum atomic E-state index is 12.7. The lowest BCUT2D eigenvalue weighted by molar-refractivity contribution is -0.179. The molecular weight excluding hydrogens is 419 g/mol. The van der Waals surface area contributed by atoms with Crippen LogP contribution in [0.4, 0.5) is 5.69 Å². The molecule has 2 amide bonds. The Hall–Kier alpha value is -2.13. The van der Waals surface area contributed by atoms with Crippen LogP contribution in [0.3, 0.4) is 0 Å². The lowest BCUT2D eigenvalue weighted by Crippen LogP contribution is -2.44. The molecule has 1 aliphatic carbocycles. The molecule has 0 bridgehead atoms. The van der Waals surface area contributed by atoms with E-state index in [1.54, 1.807) is 18.2 Å². The number of benzene rings is 1. The molecule has 2 fully saturated rings. The van der Waals surface area contributed by atoms with Gasteiger partial charge < -0.3 is 20.1 Å². The van der Waals surface area contributed by atoms with Crippen LogP contribution in [-0.2, 0) is 9.47 Å². The van der Waals surface area contributed by atoms with Crippen molar-refractivity contribution in [2.45, 2.75) is 37.5 Å². The molecule has 29 heavy (non-hydrogen) atoms. The van der Waals surface area contributed by atoms with Crippen LogP contribution in [0.25, 0.3) is 0 Å².